The Labute approximate surface area is 99.4 Å². The zero-order valence-electron chi connectivity index (χ0n) is 8.67. The van der Waals surface area contributed by atoms with Crippen LogP contribution in [0.1, 0.15) is 0 Å². The quantitative estimate of drug-likeness (QED) is 0.757. The van der Waals surface area contributed by atoms with Crippen molar-refractivity contribution in [2.75, 3.05) is 5.75 Å². The predicted molar refractivity (Wildman–Crippen MR) is 60.4 cm³/mol. The van der Waals surface area contributed by atoms with Crippen molar-refractivity contribution in [3.05, 3.63) is 36.3 Å². The van der Waals surface area contributed by atoms with Gasteiger partial charge in [0.25, 0.3) is 0 Å². The number of rotatable bonds is 3. The number of thioether (sulfide) groups is 1. The van der Waals surface area contributed by atoms with E-state index < -0.39 is 5.51 Å². The van der Waals surface area contributed by atoms with Crippen molar-refractivity contribution in [3.8, 4) is 0 Å². The molecule has 0 aliphatic carbocycles. The highest BCUT2D eigenvalue weighted by Gasteiger charge is 2.27. The fourth-order valence-corrected chi connectivity index (χ4v) is 2.15. The highest BCUT2D eigenvalue weighted by atomic mass is 32.2. The number of fused-ring (bicyclic) bond motifs is 1. The van der Waals surface area contributed by atoms with E-state index in [1.165, 1.54) is 12.1 Å². The van der Waals surface area contributed by atoms with Gasteiger partial charge in [0.1, 0.15) is 5.82 Å². The normalized spacial score (nSPS) is 12.2. The summed E-state index contributed by atoms with van der Waals surface area (Å²) in [6.45, 7) is 0.249. The minimum absolute atomic E-state index is 0.0509. The number of alkyl halides is 3. The van der Waals surface area contributed by atoms with E-state index in [9.17, 15) is 17.6 Å². The maximum atomic E-state index is 12.9. The van der Waals surface area contributed by atoms with Gasteiger partial charge in [0.2, 0.25) is 0 Å². The van der Waals surface area contributed by atoms with E-state index >= 15 is 0 Å². The lowest BCUT2D eigenvalue weighted by molar-refractivity contribution is -0.0328. The van der Waals surface area contributed by atoms with E-state index in [4.69, 9.17) is 0 Å². The van der Waals surface area contributed by atoms with Crippen molar-refractivity contribution in [2.24, 2.45) is 0 Å². The van der Waals surface area contributed by atoms with Gasteiger partial charge in [-0.05, 0) is 36.0 Å². The fraction of sp³-hybridized carbons (Fsp3) is 0.273. The van der Waals surface area contributed by atoms with Gasteiger partial charge in [-0.15, -0.1) is 0 Å². The smallest absolute Gasteiger partial charge is 0.347 e. The van der Waals surface area contributed by atoms with E-state index in [0.29, 0.717) is 5.39 Å². The van der Waals surface area contributed by atoms with Gasteiger partial charge in [-0.25, -0.2) is 4.39 Å². The van der Waals surface area contributed by atoms with E-state index in [1.54, 1.807) is 22.9 Å². The van der Waals surface area contributed by atoms with E-state index in [0.717, 1.165) is 5.52 Å². The van der Waals surface area contributed by atoms with Crippen molar-refractivity contribution in [1.82, 2.24) is 4.57 Å². The molecule has 1 aromatic heterocycles. The summed E-state index contributed by atoms with van der Waals surface area (Å²) in [4.78, 5) is 0. The Bertz CT molecular complexity index is 518. The molecule has 92 valence electrons. The van der Waals surface area contributed by atoms with Gasteiger partial charge >= 0.3 is 5.51 Å². The monoisotopic (exact) mass is 263 g/mol. The number of benzene rings is 1. The number of aryl methyl sites for hydroxylation is 1. The molecule has 0 amide bonds. The van der Waals surface area contributed by atoms with Crippen molar-refractivity contribution < 1.29 is 17.6 Å². The Hall–Kier alpha value is -1.17. The van der Waals surface area contributed by atoms with E-state index in [2.05, 4.69) is 0 Å². The van der Waals surface area contributed by atoms with Crippen LogP contribution in [0.2, 0.25) is 0 Å². The highest BCUT2D eigenvalue weighted by molar-refractivity contribution is 8.00. The number of halogens is 4. The minimum Gasteiger partial charge on any atom is -0.347 e. The lowest BCUT2D eigenvalue weighted by Gasteiger charge is -2.07. The second-order valence-electron chi connectivity index (χ2n) is 3.51. The Morgan fingerprint density at radius 2 is 1.94 bits per heavy atom. The van der Waals surface area contributed by atoms with Crippen molar-refractivity contribution >= 4 is 22.7 Å². The molecular weight excluding hydrogens is 254 g/mol. The molecule has 0 spiro atoms. The molecule has 0 unspecified atom stereocenters. The molecule has 17 heavy (non-hydrogen) atoms. The highest BCUT2D eigenvalue weighted by Crippen LogP contribution is 2.30. The first kappa shape index (κ1) is 12.3. The number of aromatic nitrogens is 1. The molecule has 0 fully saturated rings. The van der Waals surface area contributed by atoms with Gasteiger partial charge in [-0.2, -0.15) is 13.2 Å². The second kappa shape index (κ2) is 4.60. The average Bonchev–Trinajstić information content (AvgIpc) is 2.59. The summed E-state index contributed by atoms with van der Waals surface area (Å²) in [6, 6.07) is 5.93. The van der Waals surface area contributed by atoms with Crippen molar-refractivity contribution in [2.45, 2.75) is 12.1 Å². The maximum absolute atomic E-state index is 12.9. The molecule has 1 nitrogen and oxygen atoms in total. The van der Waals surface area contributed by atoms with Gasteiger partial charge in [0.15, 0.2) is 0 Å². The molecule has 0 radical (unpaired) electrons. The molecule has 0 atom stereocenters. The molecule has 2 aromatic rings. The number of hydrogen-bond donors (Lipinski definition) is 0. The molecule has 0 N–H and O–H groups in total. The summed E-state index contributed by atoms with van der Waals surface area (Å²) in [5, 5.41) is 0.696. The summed E-state index contributed by atoms with van der Waals surface area (Å²) in [6.07, 6.45) is 1.67. The third kappa shape index (κ3) is 3.15. The van der Waals surface area contributed by atoms with Crippen molar-refractivity contribution in [3.63, 3.8) is 0 Å². The molecule has 1 aromatic carbocycles. The summed E-state index contributed by atoms with van der Waals surface area (Å²) in [7, 11) is 0. The summed E-state index contributed by atoms with van der Waals surface area (Å²) in [5.41, 5.74) is -3.45. The lowest BCUT2D eigenvalue weighted by Crippen LogP contribution is -2.06. The average molecular weight is 263 g/mol. The molecular formula is C11H9F4NS. The first-order valence-electron chi connectivity index (χ1n) is 4.91. The summed E-state index contributed by atoms with van der Waals surface area (Å²) < 4.78 is 50.4. The van der Waals surface area contributed by atoms with Crippen LogP contribution in [0.4, 0.5) is 17.6 Å². The summed E-state index contributed by atoms with van der Waals surface area (Å²) in [5.74, 6) is -0.398. The lowest BCUT2D eigenvalue weighted by atomic mass is 10.2. The zero-order valence-corrected chi connectivity index (χ0v) is 9.48. The standard InChI is InChI=1S/C11H9F4NS/c12-9-1-2-10-8(7-9)3-4-16(10)5-6-17-11(13,14)15/h1-4,7H,5-6H2. The van der Waals surface area contributed by atoms with Crippen LogP contribution in [0.5, 0.6) is 0 Å². The number of nitrogens with zero attached hydrogens (tertiary/aromatic N) is 1. The first-order valence-corrected chi connectivity index (χ1v) is 5.89. The largest absolute Gasteiger partial charge is 0.441 e. The molecule has 0 bridgehead atoms. The van der Waals surface area contributed by atoms with Crippen molar-refractivity contribution in [1.29, 1.82) is 0 Å². The number of hydrogen-bond acceptors (Lipinski definition) is 1. The third-order valence-corrected chi connectivity index (χ3v) is 3.04. The van der Waals surface area contributed by atoms with Crippen LogP contribution in [0.25, 0.3) is 10.9 Å². The van der Waals surface area contributed by atoms with Crippen LogP contribution in [0, 0.1) is 5.82 Å². The summed E-state index contributed by atoms with van der Waals surface area (Å²) >= 11 is -0.0514. The third-order valence-electron chi connectivity index (χ3n) is 2.33. The zero-order chi connectivity index (χ0) is 12.5. The topological polar surface area (TPSA) is 4.93 Å². The molecule has 2 rings (SSSR count). The van der Waals surface area contributed by atoms with Gasteiger partial charge in [-0.3, -0.25) is 0 Å². The Morgan fingerprint density at radius 3 is 2.65 bits per heavy atom. The Balaban J connectivity index is 2.09. The van der Waals surface area contributed by atoms with Crippen LogP contribution in [0.15, 0.2) is 30.5 Å². The molecule has 0 aliphatic rings. The Kier molecular flexibility index (Phi) is 3.33. The molecule has 0 saturated carbocycles. The van der Waals surface area contributed by atoms with Crippen LogP contribution in [0.3, 0.4) is 0 Å². The van der Waals surface area contributed by atoms with E-state index in [-0.39, 0.29) is 29.9 Å². The molecule has 0 saturated heterocycles. The SMILES string of the molecule is Fc1ccc2c(ccn2CCSC(F)(F)F)c1. The van der Waals surface area contributed by atoms with Gasteiger partial charge in [-0.1, -0.05) is 0 Å². The van der Waals surface area contributed by atoms with Gasteiger partial charge in [0.05, 0.1) is 0 Å². The van der Waals surface area contributed by atoms with E-state index in [1.807, 2.05) is 0 Å². The van der Waals surface area contributed by atoms with Crippen LogP contribution in [-0.2, 0) is 6.54 Å². The first-order chi connectivity index (χ1) is 7.96. The maximum Gasteiger partial charge on any atom is 0.441 e. The fourth-order valence-electron chi connectivity index (χ4n) is 1.63. The molecule has 1 heterocycles. The Morgan fingerprint density at radius 1 is 1.18 bits per heavy atom. The predicted octanol–water partition coefficient (Wildman–Crippen LogP) is 4.03. The van der Waals surface area contributed by atoms with Crippen LogP contribution < -0.4 is 0 Å². The minimum atomic E-state index is -4.20. The second-order valence-corrected chi connectivity index (χ2v) is 4.67. The molecule has 6 heteroatoms. The van der Waals surface area contributed by atoms with Crippen LogP contribution >= 0.6 is 11.8 Å². The van der Waals surface area contributed by atoms with Gasteiger partial charge in [0, 0.05) is 29.4 Å². The van der Waals surface area contributed by atoms with Crippen LogP contribution in [-0.4, -0.2) is 15.8 Å². The van der Waals surface area contributed by atoms with Gasteiger partial charge < -0.3 is 4.57 Å². The molecule has 0 aliphatic heterocycles.